The van der Waals surface area contributed by atoms with Crippen LogP contribution in [0.3, 0.4) is 0 Å². The summed E-state index contributed by atoms with van der Waals surface area (Å²) in [5.74, 6) is -3.71. The van der Waals surface area contributed by atoms with E-state index < -0.39 is 44.6 Å². The Labute approximate surface area is 211 Å². The van der Waals surface area contributed by atoms with Crippen LogP contribution in [0, 0.1) is 17.0 Å². The molecule has 1 aliphatic rings. The number of halogens is 2. The lowest BCUT2D eigenvalue weighted by molar-refractivity contribution is -0.148. The summed E-state index contributed by atoms with van der Waals surface area (Å²) in [5, 5.41) is 15.2. The first kappa shape index (κ1) is 25.9. The molecule has 0 amide bonds. The van der Waals surface area contributed by atoms with Crippen LogP contribution >= 0.6 is 0 Å². The van der Waals surface area contributed by atoms with Gasteiger partial charge in [0, 0.05) is 29.1 Å². The van der Waals surface area contributed by atoms with Gasteiger partial charge in [-0.1, -0.05) is 6.92 Å². The molecule has 1 aliphatic heterocycles. The van der Waals surface area contributed by atoms with Gasteiger partial charge >= 0.3 is 5.96 Å². The average Bonchev–Trinajstić information content (AvgIpc) is 3.21. The molecule has 2 atom stereocenters. The number of carbonyl (C=O) groups excluding carboxylic acids is 1. The summed E-state index contributed by atoms with van der Waals surface area (Å²) in [6.07, 6.45) is 3.14. The molecule has 4 rings (SSSR count). The molecule has 2 unspecified atom stereocenters. The number of sulfonamides is 1. The minimum Gasteiger partial charge on any atom is -0.345 e. The Morgan fingerprint density at radius 2 is 2.03 bits per heavy atom. The molecule has 3 heterocycles. The van der Waals surface area contributed by atoms with Crippen LogP contribution < -0.4 is 15.5 Å². The van der Waals surface area contributed by atoms with Gasteiger partial charge in [-0.25, -0.2) is 22.2 Å². The van der Waals surface area contributed by atoms with Gasteiger partial charge in [-0.05, 0) is 44.0 Å². The summed E-state index contributed by atoms with van der Waals surface area (Å²) < 4.78 is 56.3. The van der Waals surface area contributed by atoms with Crippen molar-refractivity contribution in [1.82, 2.24) is 20.7 Å². The number of ketones is 1. The Morgan fingerprint density at radius 3 is 2.65 bits per heavy atom. The molecule has 0 spiro atoms. The highest BCUT2D eigenvalue weighted by atomic mass is 32.2. The van der Waals surface area contributed by atoms with Crippen LogP contribution in [-0.4, -0.2) is 52.4 Å². The molecular weight excluding hydrogens is 506 g/mol. The van der Waals surface area contributed by atoms with Crippen molar-refractivity contribution in [2.24, 2.45) is 5.22 Å². The van der Waals surface area contributed by atoms with E-state index in [1.54, 1.807) is 26.1 Å². The summed E-state index contributed by atoms with van der Waals surface area (Å²) in [6, 6.07) is 3.10. The van der Waals surface area contributed by atoms with Gasteiger partial charge in [-0.15, -0.1) is 10.2 Å². The average molecular weight is 532 g/mol. The number of H-pyrrole nitrogens is 1. The fraction of sp³-hybridized carbons (Fsp3) is 0.304. The number of hydrogen-bond donors (Lipinski definition) is 5. The lowest BCUT2D eigenvalue weighted by atomic mass is 9.88. The normalized spacial score (nSPS) is 14.4. The van der Waals surface area contributed by atoms with E-state index in [1.807, 2.05) is 6.92 Å². The van der Waals surface area contributed by atoms with E-state index in [-0.39, 0.29) is 17.4 Å². The number of fused-ring (bicyclic) bond motifs is 1. The fourth-order valence-corrected chi connectivity index (χ4v) is 5.34. The number of pyridine rings is 1. The molecular formula is C23H25F2N8O3S+. The fourth-order valence-electron chi connectivity index (χ4n) is 4.21. The maximum absolute atomic E-state index is 15.3. The quantitative estimate of drug-likeness (QED) is 0.153. The third kappa shape index (κ3) is 5.20. The molecule has 1 aromatic carbocycles. The van der Waals surface area contributed by atoms with Crippen molar-refractivity contribution >= 4 is 44.2 Å². The second kappa shape index (κ2) is 10.1. The summed E-state index contributed by atoms with van der Waals surface area (Å²) in [7, 11) is -3.87. The Kier molecular flexibility index (Phi) is 7.05. The topological polar surface area (TPSA) is 166 Å². The van der Waals surface area contributed by atoms with Gasteiger partial charge in [-0.2, -0.15) is 0 Å². The first-order chi connectivity index (χ1) is 17.5. The number of aromatic amines is 1. The minimum atomic E-state index is -3.87. The van der Waals surface area contributed by atoms with E-state index in [0.717, 1.165) is 12.1 Å². The van der Waals surface area contributed by atoms with Gasteiger partial charge < -0.3 is 10.4 Å². The van der Waals surface area contributed by atoms with Crippen molar-refractivity contribution in [2.45, 2.75) is 39.2 Å². The molecule has 0 saturated carbocycles. The van der Waals surface area contributed by atoms with Crippen molar-refractivity contribution in [1.29, 1.82) is 5.41 Å². The maximum atomic E-state index is 15.3. The van der Waals surface area contributed by atoms with Crippen LogP contribution in [0.5, 0.6) is 0 Å². The monoisotopic (exact) mass is 531 g/mol. The number of anilines is 1. The Hall–Kier alpha value is -4.16. The predicted molar refractivity (Wildman–Crippen MR) is 133 cm³/mol. The maximum Gasteiger partial charge on any atom is 0.446 e. The molecule has 14 heteroatoms. The molecule has 0 fully saturated rings. The number of benzene rings is 1. The Morgan fingerprint density at radius 1 is 1.30 bits per heavy atom. The first-order valence-electron chi connectivity index (χ1n) is 11.4. The van der Waals surface area contributed by atoms with Crippen LogP contribution in [0.25, 0.3) is 11.0 Å². The zero-order valence-electron chi connectivity index (χ0n) is 20.2. The minimum absolute atomic E-state index is 0.0541. The molecule has 0 saturated heterocycles. The summed E-state index contributed by atoms with van der Waals surface area (Å²) in [6.45, 7) is 5.12. The van der Waals surface area contributed by atoms with Crippen LogP contribution in [0.2, 0.25) is 0 Å². The smallest absolute Gasteiger partial charge is 0.345 e. The van der Waals surface area contributed by atoms with Crippen LogP contribution in [0.4, 0.5) is 14.5 Å². The zero-order valence-corrected chi connectivity index (χ0v) is 21.0. The second-order valence-electron chi connectivity index (χ2n) is 8.66. The highest BCUT2D eigenvalue weighted by Gasteiger charge is 2.30. The number of nitrogens with zero attached hydrogens (tertiary/aromatic N) is 3. The molecule has 0 aliphatic carbocycles. The van der Waals surface area contributed by atoms with Crippen molar-refractivity contribution < 1.29 is 26.8 Å². The number of rotatable bonds is 10. The van der Waals surface area contributed by atoms with E-state index in [0.29, 0.717) is 34.7 Å². The van der Waals surface area contributed by atoms with Crippen molar-refractivity contribution in [3.8, 4) is 0 Å². The van der Waals surface area contributed by atoms with Gasteiger partial charge in [-0.3, -0.25) is 14.8 Å². The number of carbonyl (C=O) groups is 1. The highest BCUT2D eigenvalue weighted by Crippen LogP contribution is 2.30. The number of nitrogens with one attached hydrogen (secondary N) is 5. The lowest BCUT2D eigenvalue weighted by Crippen LogP contribution is -2.48. The van der Waals surface area contributed by atoms with Crippen molar-refractivity contribution in [3.63, 3.8) is 0 Å². The lowest BCUT2D eigenvalue weighted by Gasteiger charge is -2.22. The molecule has 11 nitrogen and oxygen atoms in total. The number of guanidine groups is 1. The van der Waals surface area contributed by atoms with E-state index in [4.69, 9.17) is 5.41 Å². The van der Waals surface area contributed by atoms with Crippen molar-refractivity contribution in [3.05, 3.63) is 58.9 Å². The van der Waals surface area contributed by atoms with Crippen LogP contribution in [0.1, 0.15) is 54.6 Å². The number of hydrogen-bond acceptors (Lipinski definition) is 8. The first-order valence-corrected chi connectivity index (χ1v) is 13.0. The summed E-state index contributed by atoms with van der Waals surface area (Å²) >= 11 is 0. The van der Waals surface area contributed by atoms with E-state index in [2.05, 4.69) is 35.4 Å². The van der Waals surface area contributed by atoms with E-state index in [9.17, 15) is 17.6 Å². The SMILES string of the molecule is CCCS(=O)(=O)Nc1ccc(F)c(C(=O)c2c[nH]c3ncc(C(C(C)=N)C(C)NC4=[N+]=NN4)cc23)c1F. The zero-order chi connectivity index (χ0) is 26.9. The molecule has 3 aromatic rings. The predicted octanol–water partition coefficient (Wildman–Crippen LogP) is 2.86. The van der Waals surface area contributed by atoms with Gasteiger partial charge in [0.05, 0.1) is 29.0 Å². The summed E-state index contributed by atoms with van der Waals surface area (Å²) in [4.78, 5) is 24.3. The van der Waals surface area contributed by atoms with Gasteiger partial charge in [0.2, 0.25) is 15.8 Å². The second-order valence-corrected chi connectivity index (χ2v) is 10.5. The van der Waals surface area contributed by atoms with Crippen molar-refractivity contribution in [2.75, 3.05) is 10.5 Å². The highest BCUT2D eigenvalue weighted by molar-refractivity contribution is 7.92. The molecule has 2 aromatic heterocycles. The van der Waals surface area contributed by atoms with Gasteiger partial charge in [0.1, 0.15) is 16.7 Å². The Bertz CT molecular complexity index is 1580. The molecule has 37 heavy (non-hydrogen) atoms. The van der Waals surface area contributed by atoms with E-state index >= 15 is 4.39 Å². The van der Waals surface area contributed by atoms with E-state index in [1.165, 1.54) is 6.20 Å². The standard InChI is InChI=1S/C23H24F2N8O3S/c1-4-7-37(35,36)32-17-6-5-16(24)19(20(17)25)21(34)15-10-28-22-14(15)8-13(9-27-22)18(11(2)26)12(3)29-23-30-33-31-23/h5-6,8-10,12,18,26,32H,4,7H2,1-3H3,(H2,27,28,29,30,31,34)/p+1. The third-order valence-corrected chi connectivity index (χ3v) is 7.33. The van der Waals surface area contributed by atoms with Gasteiger partial charge in [0.15, 0.2) is 5.82 Å². The Balaban J connectivity index is 1.74. The number of aromatic nitrogens is 2. The largest absolute Gasteiger partial charge is 0.446 e. The van der Waals surface area contributed by atoms with Gasteiger partial charge in [0.25, 0.3) is 0 Å². The molecule has 0 bridgehead atoms. The molecule has 194 valence electrons. The third-order valence-electron chi connectivity index (χ3n) is 5.85. The summed E-state index contributed by atoms with van der Waals surface area (Å²) in [5.41, 5.74) is 2.38. The molecule has 0 radical (unpaired) electrons. The van der Waals surface area contributed by atoms with Crippen LogP contribution in [0.15, 0.2) is 35.8 Å². The van der Waals surface area contributed by atoms with Crippen LogP contribution in [-0.2, 0) is 10.0 Å². The molecule has 5 N–H and O–H groups in total.